The van der Waals surface area contributed by atoms with E-state index in [1.54, 1.807) is 77.6 Å². The van der Waals surface area contributed by atoms with E-state index in [4.69, 9.17) is 18.9 Å². The van der Waals surface area contributed by atoms with E-state index in [0.29, 0.717) is 37.2 Å². The molecule has 17 heteroatoms. The molecule has 3 rings (SSSR count). The van der Waals surface area contributed by atoms with Gasteiger partial charge in [0.1, 0.15) is 41.9 Å². The molecule has 1 heterocycles. The first kappa shape index (κ1) is 48.5. The zero-order valence-electron chi connectivity index (χ0n) is 36.2. The van der Waals surface area contributed by atoms with Crippen molar-refractivity contribution in [3.63, 3.8) is 0 Å². The van der Waals surface area contributed by atoms with Crippen molar-refractivity contribution >= 4 is 47.5 Å². The molecule has 5 N–H and O–H groups in total. The highest BCUT2D eigenvalue weighted by Crippen LogP contribution is 2.26. The second-order valence-electron chi connectivity index (χ2n) is 16.6. The molecule has 0 saturated carbocycles. The van der Waals surface area contributed by atoms with E-state index in [2.05, 4.69) is 26.6 Å². The van der Waals surface area contributed by atoms with Gasteiger partial charge in [0.25, 0.3) is 0 Å². The molecule has 17 nitrogen and oxygen atoms in total. The van der Waals surface area contributed by atoms with Crippen LogP contribution in [0.2, 0.25) is 0 Å². The monoisotopic (exact) mass is 838 g/mol. The van der Waals surface area contributed by atoms with Crippen LogP contribution >= 0.6 is 0 Å². The number of alkyl carbamates (subject to hydrolysis) is 1. The summed E-state index contributed by atoms with van der Waals surface area (Å²) in [5.74, 6) is -3.24. The average Bonchev–Trinajstić information content (AvgIpc) is 3.17. The minimum absolute atomic E-state index is 0.0486. The Kier molecular flexibility index (Phi) is 18.2. The summed E-state index contributed by atoms with van der Waals surface area (Å²) >= 11 is 0. The number of piperidine rings is 1. The Morgan fingerprint density at radius 1 is 0.733 bits per heavy atom. The molecule has 2 aromatic rings. The number of esters is 2. The highest BCUT2D eigenvalue weighted by atomic mass is 16.6. The van der Waals surface area contributed by atoms with Crippen LogP contribution in [0.15, 0.2) is 54.6 Å². The zero-order valence-corrected chi connectivity index (χ0v) is 36.2. The quantitative estimate of drug-likeness (QED) is 0.114. The number of likely N-dealkylation sites (tertiary alicyclic amines) is 1. The van der Waals surface area contributed by atoms with Gasteiger partial charge in [0.2, 0.25) is 17.7 Å². The normalized spacial score (nSPS) is 15.2. The molecule has 5 amide bonds. The second kappa shape index (κ2) is 22.5. The van der Waals surface area contributed by atoms with Gasteiger partial charge in [-0.05, 0) is 97.4 Å². The molecule has 1 fully saturated rings. The second-order valence-corrected chi connectivity index (χ2v) is 16.6. The molecule has 1 saturated heterocycles. The lowest BCUT2D eigenvalue weighted by Crippen LogP contribution is -2.55. The molecule has 60 heavy (non-hydrogen) atoms. The Balaban J connectivity index is 1.83. The molecule has 0 radical (unpaired) electrons. The molecule has 330 valence electrons. The lowest BCUT2D eigenvalue weighted by molar-refractivity contribution is -0.145. The number of benzene rings is 2. The van der Waals surface area contributed by atoms with Crippen LogP contribution in [-0.4, -0.2) is 115 Å². The zero-order chi connectivity index (χ0) is 44.6. The van der Waals surface area contributed by atoms with Crippen LogP contribution in [-0.2, 0) is 55.8 Å². The van der Waals surface area contributed by atoms with Gasteiger partial charge in [-0.15, -0.1) is 0 Å². The third-order valence-electron chi connectivity index (χ3n) is 9.22. The number of carbonyl (C=O) groups is 7. The first-order valence-corrected chi connectivity index (χ1v) is 20.2. The number of nitrogens with one attached hydrogen (secondary N) is 5. The highest BCUT2D eigenvalue weighted by molar-refractivity contribution is 5.93. The molecule has 0 aromatic heterocycles. The number of anilines is 1. The minimum atomic E-state index is -1.09. The van der Waals surface area contributed by atoms with Crippen molar-refractivity contribution in [2.45, 2.75) is 116 Å². The predicted molar refractivity (Wildman–Crippen MR) is 223 cm³/mol. The minimum Gasteiger partial charge on any atom is -0.467 e. The Morgan fingerprint density at radius 2 is 1.30 bits per heavy atom. The van der Waals surface area contributed by atoms with Gasteiger partial charge >= 0.3 is 24.1 Å². The van der Waals surface area contributed by atoms with Crippen LogP contribution in [0.25, 0.3) is 0 Å². The van der Waals surface area contributed by atoms with Crippen molar-refractivity contribution in [2.24, 2.45) is 5.92 Å². The van der Waals surface area contributed by atoms with Gasteiger partial charge in [-0.2, -0.15) is 0 Å². The van der Waals surface area contributed by atoms with Crippen LogP contribution < -0.4 is 26.6 Å². The molecular formula is C43H62N6O11. The van der Waals surface area contributed by atoms with E-state index in [1.807, 2.05) is 30.3 Å². The van der Waals surface area contributed by atoms with Crippen molar-refractivity contribution in [3.8, 4) is 0 Å². The van der Waals surface area contributed by atoms with E-state index in [9.17, 15) is 33.6 Å². The summed E-state index contributed by atoms with van der Waals surface area (Å²) in [7, 11) is 1.20. The van der Waals surface area contributed by atoms with Crippen molar-refractivity contribution in [1.29, 1.82) is 0 Å². The highest BCUT2D eigenvalue weighted by Gasteiger charge is 2.36. The summed E-state index contributed by atoms with van der Waals surface area (Å²) < 4.78 is 20.7. The van der Waals surface area contributed by atoms with Crippen molar-refractivity contribution in [3.05, 3.63) is 65.7 Å². The summed E-state index contributed by atoms with van der Waals surface area (Å²) in [6, 6.07) is 12.0. The molecule has 4 atom stereocenters. The average molecular weight is 839 g/mol. The predicted octanol–water partition coefficient (Wildman–Crippen LogP) is 3.63. The summed E-state index contributed by atoms with van der Waals surface area (Å²) in [4.78, 5) is 92.3. The lowest BCUT2D eigenvalue weighted by Gasteiger charge is -2.37. The summed E-state index contributed by atoms with van der Waals surface area (Å²) in [5.41, 5.74) is 0.541. The molecule has 2 unspecified atom stereocenters. The number of hydrogen-bond donors (Lipinski definition) is 5. The maximum atomic E-state index is 14.3. The molecule has 0 bridgehead atoms. The number of nitrogens with zero attached hydrogens (tertiary/aromatic N) is 1. The molecular weight excluding hydrogens is 777 g/mol. The van der Waals surface area contributed by atoms with E-state index in [1.165, 1.54) is 14.0 Å². The molecule has 2 aromatic carbocycles. The van der Waals surface area contributed by atoms with Crippen LogP contribution in [0.5, 0.6) is 0 Å². The Hall–Kier alpha value is -5.87. The molecule has 0 spiro atoms. The van der Waals surface area contributed by atoms with E-state index in [0.717, 1.165) is 5.56 Å². The third kappa shape index (κ3) is 16.8. The van der Waals surface area contributed by atoms with Crippen molar-refractivity contribution < 1.29 is 52.5 Å². The van der Waals surface area contributed by atoms with Crippen LogP contribution in [0.4, 0.5) is 15.3 Å². The largest absolute Gasteiger partial charge is 0.467 e. The van der Waals surface area contributed by atoms with Gasteiger partial charge in [-0.25, -0.2) is 14.4 Å². The van der Waals surface area contributed by atoms with Gasteiger partial charge in [-0.1, -0.05) is 42.5 Å². The van der Waals surface area contributed by atoms with Crippen LogP contribution in [0.1, 0.15) is 79.4 Å². The van der Waals surface area contributed by atoms with Gasteiger partial charge in [0.15, 0.2) is 0 Å². The van der Waals surface area contributed by atoms with Crippen molar-refractivity contribution in [1.82, 2.24) is 26.2 Å². The molecule has 1 aliphatic rings. The number of hydrogen-bond acceptors (Lipinski definition) is 12. The van der Waals surface area contributed by atoms with Crippen LogP contribution in [0, 0.1) is 5.92 Å². The SMILES string of the molecule is CCOC(=O)CNC(=O)[C@H](Cc1ccccc1)NC(=O)C(Nc1ccc(CC(NC(=O)[C@H](C)NC(=O)OC(C)(C)C)C(=O)OC)cc1)C1CCN(C(=O)OC(C)(C)C)CC1. The fourth-order valence-corrected chi connectivity index (χ4v) is 6.29. The van der Waals surface area contributed by atoms with E-state index >= 15 is 0 Å². The van der Waals surface area contributed by atoms with Gasteiger partial charge < -0.3 is 50.4 Å². The summed E-state index contributed by atoms with van der Waals surface area (Å²) in [5, 5.41) is 13.9. The Bertz CT molecular complexity index is 1770. The summed E-state index contributed by atoms with van der Waals surface area (Å²) in [6.45, 7) is 14.0. The first-order chi connectivity index (χ1) is 28.2. The maximum Gasteiger partial charge on any atom is 0.410 e. The Morgan fingerprint density at radius 3 is 1.87 bits per heavy atom. The number of rotatable bonds is 17. The van der Waals surface area contributed by atoms with Gasteiger partial charge in [0, 0.05) is 31.6 Å². The molecule has 0 aliphatic carbocycles. The number of methoxy groups -OCH3 is 1. The number of ether oxygens (including phenoxy) is 4. The molecule has 1 aliphatic heterocycles. The van der Waals surface area contributed by atoms with Crippen LogP contribution in [0.3, 0.4) is 0 Å². The Labute approximate surface area is 352 Å². The smallest absolute Gasteiger partial charge is 0.410 e. The number of amides is 5. The standard InChI is InChI=1S/C43H62N6O11/c1-10-58-34(50)26-44-37(52)32(24-28-14-12-11-13-15-28)47-38(53)35(30-20-22-49(23-21-30)41(56)60-43(6,7)8)46-31-18-16-29(17-19-31)25-33(39(54)57-9)48-36(51)27(2)45-40(55)59-42(3,4)5/h11-19,27,30,32-33,35,46H,10,20-26H2,1-9H3,(H,44,52)(H,45,55)(H,47,53)(H,48,51)/t27-,32-,33?,35?/m0/s1. The first-order valence-electron chi connectivity index (χ1n) is 20.2. The fraction of sp³-hybridized carbons (Fsp3) is 0.558. The van der Waals surface area contributed by atoms with Gasteiger partial charge in [-0.3, -0.25) is 19.2 Å². The summed E-state index contributed by atoms with van der Waals surface area (Å²) in [6.07, 6.45) is -0.139. The van der Waals surface area contributed by atoms with Crippen molar-refractivity contribution in [2.75, 3.05) is 38.7 Å². The lowest BCUT2D eigenvalue weighted by atomic mass is 9.88. The van der Waals surface area contributed by atoms with E-state index < -0.39 is 77.2 Å². The topological polar surface area (TPSA) is 220 Å². The number of carbonyl (C=O) groups excluding carboxylic acids is 7. The van der Waals surface area contributed by atoms with Gasteiger partial charge in [0.05, 0.1) is 13.7 Å². The van der Waals surface area contributed by atoms with E-state index in [-0.39, 0.29) is 31.9 Å². The fourth-order valence-electron chi connectivity index (χ4n) is 6.29. The third-order valence-corrected chi connectivity index (χ3v) is 9.22. The maximum absolute atomic E-state index is 14.3.